The van der Waals surface area contributed by atoms with E-state index in [4.69, 9.17) is 0 Å². The van der Waals surface area contributed by atoms with E-state index in [-0.39, 0.29) is 5.92 Å². The van der Waals surface area contributed by atoms with Crippen LogP contribution in [0.25, 0.3) is 0 Å². The number of fused-ring (bicyclic) bond motifs is 2. The van der Waals surface area contributed by atoms with E-state index in [2.05, 4.69) is 11.4 Å². The fourth-order valence-electron chi connectivity index (χ4n) is 4.45. The first kappa shape index (κ1) is 21.3. The lowest BCUT2D eigenvalue weighted by atomic mass is 9.96. The van der Waals surface area contributed by atoms with E-state index in [9.17, 15) is 19.6 Å². The summed E-state index contributed by atoms with van der Waals surface area (Å²) in [4.78, 5) is 41.7. The van der Waals surface area contributed by atoms with Gasteiger partial charge in [-0.2, -0.15) is 5.26 Å². The second kappa shape index (κ2) is 8.64. The van der Waals surface area contributed by atoms with Gasteiger partial charge < -0.3 is 5.32 Å². The standard InChI is InChI=1S/C24H25N3O3S/c1-3-14(2)20(27-23(29)16-10-7-8-11-17(16)24(27)30)21(28)26-22-18(13-25)15-9-5-4-6-12-19(15)31-22/h7-8,10-11,14,20H,3-6,9,12H2,1-2H3,(H,26,28). The van der Waals surface area contributed by atoms with Crippen LogP contribution >= 0.6 is 11.3 Å². The summed E-state index contributed by atoms with van der Waals surface area (Å²) in [7, 11) is 0. The normalized spacial score (nSPS) is 17.4. The molecule has 1 aromatic heterocycles. The first-order chi connectivity index (χ1) is 15.0. The highest BCUT2D eigenvalue weighted by Gasteiger charge is 2.44. The molecule has 2 aromatic rings. The molecule has 0 saturated carbocycles. The Kier molecular flexibility index (Phi) is 5.92. The number of anilines is 1. The number of hydrogen-bond acceptors (Lipinski definition) is 5. The summed E-state index contributed by atoms with van der Waals surface area (Å²) in [6, 6.07) is 7.99. The molecule has 31 heavy (non-hydrogen) atoms. The maximum absolute atomic E-state index is 13.4. The molecular formula is C24H25N3O3S. The zero-order valence-electron chi connectivity index (χ0n) is 17.7. The van der Waals surface area contributed by atoms with Crippen molar-refractivity contribution in [2.45, 2.75) is 58.4 Å². The summed E-state index contributed by atoms with van der Waals surface area (Å²) in [5.74, 6) is -1.53. The minimum Gasteiger partial charge on any atom is -0.315 e. The van der Waals surface area contributed by atoms with Crippen molar-refractivity contribution >= 4 is 34.1 Å². The maximum Gasteiger partial charge on any atom is 0.262 e. The van der Waals surface area contributed by atoms with Crippen LogP contribution in [0.1, 0.15) is 76.3 Å². The molecular weight excluding hydrogens is 410 g/mol. The number of benzene rings is 1. The van der Waals surface area contributed by atoms with E-state index in [1.807, 2.05) is 13.8 Å². The Hall–Kier alpha value is -2.98. The average Bonchev–Trinajstić information content (AvgIpc) is 3.10. The molecule has 160 valence electrons. The number of nitrogens with one attached hydrogen (secondary N) is 1. The van der Waals surface area contributed by atoms with Gasteiger partial charge in [-0.15, -0.1) is 11.3 Å². The predicted octanol–water partition coefficient (Wildman–Crippen LogP) is 4.54. The fourth-order valence-corrected chi connectivity index (χ4v) is 5.69. The molecule has 6 nitrogen and oxygen atoms in total. The van der Waals surface area contributed by atoms with Crippen molar-refractivity contribution < 1.29 is 14.4 Å². The van der Waals surface area contributed by atoms with Crippen molar-refractivity contribution in [1.29, 1.82) is 5.26 Å². The number of thiophene rings is 1. The number of nitrogens with zero attached hydrogens (tertiary/aromatic N) is 2. The summed E-state index contributed by atoms with van der Waals surface area (Å²) < 4.78 is 0. The van der Waals surface area contributed by atoms with Gasteiger partial charge in [0.1, 0.15) is 17.1 Å². The monoisotopic (exact) mass is 435 g/mol. The topological polar surface area (TPSA) is 90.3 Å². The van der Waals surface area contributed by atoms with Crippen LogP contribution in [0.5, 0.6) is 0 Å². The van der Waals surface area contributed by atoms with Crippen LogP contribution in [0.4, 0.5) is 5.00 Å². The Morgan fingerprint density at radius 2 is 1.81 bits per heavy atom. The van der Waals surface area contributed by atoms with Gasteiger partial charge in [0.2, 0.25) is 5.91 Å². The zero-order valence-corrected chi connectivity index (χ0v) is 18.6. The minimum atomic E-state index is -0.939. The Morgan fingerprint density at radius 1 is 1.16 bits per heavy atom. The molecule has 1 aliphatic carbocycles. The number of aryl methyl sites for hydroxylation is 1. The lowest BCUT2D eigenvalue weighted by Crippen LogP contribution is -2.50. The molecule has 0 radical (unpaired) electrons. The molecule has 2 heterocycles. The molecule has 2 aliphatic rings. The van der Waals surface area contributed by atoms with E-state index in [1.165, 1.54) is 11.3 Å². The minimum absolute atomic E-state index is 0.231. The largest absolute Gasteiger partial charge is 0.315 e. The van der Waals surface area contributed by atoms with E-state index in [1.54, 1.807) is 24.3 Å². The molecule has 2 unspecified atom stereocenters. The number of imide groups is 1. The first-order valence-corrected chi connectivity index (χ1v) is 11.6. The molecule has 1 N–H and O–H groups in total. The Morgan fingerprint density at radius 3 is 2.42 bits per heavy atom. The van der Waals surface area contributed by atoms with Crippen molar-refractivity contribution in [1.82, 2.24) is 4.90 Å². The number of carbonyl (C=O) groups is 3. The van der Waals surface area contributed by atoms with E-state index < -0.39 is 23.8 Å². The van der Waals surface area contributed by atoms with Crippen LogP contribution in [0.2, 0.25) is 0 Å². The van der Waals surface area contributed by atoms with Gasteiger partial charge >= 0.3 is 0 Å². The molecule has 0 fully saturated rings. The maximum atomic E-state index is 13.4. The van der Waals surface area contributed by atoms with Crippen molar-refractivity contribution in [2.24, 2.45) is 5.92 Å². The van der Waals surface area contributed by atoms with Crippen molar-refractivity contribution in [3.05, 3.63) is 51.4 Å². The van der Waals surface area contributed by atoms with E-state index in [0.717, 1.165) is 47.4 Å². The fraction of sp³-hybridized carbons (Fsp3) is 0.417. The Balaban J connectivity index is 1.67. The molecule has 4 rings (SSSR count). The third kappa shape index (κ3) is 3.66. The van der Waals surface area contributed by atoms with Gasteiger partial charge in [-0.1, -0.05) is 38.8 Å². The summed E-state index contributed by atoms with van der Waals surface area (Å²) in [5.41, 5.74) is 2.23. The van der Waals surface area contributed by atoms with E-state index in [0.29, 0.717) is 28.1 Å². The van der Waals surface area contributed by atoms with Crippen LogP contribution in [0.15, 0.2) is 24.3 Å². The molecule has 2 atom stereocenters. The number of carbonyl (C=O) groups excluding carboxylic acids is 3. The summed E-state index contributed by atoms with van der Waals surface area (Å²) >= 11 is 1.45. The van der Waals surface area contributed by atoms with Crippen LogP contribution in [-0.4, -0.2) is 28.7 Å². The smallest absolute Gasteiger partial charge is 0.262 e. The molecule has 1 aromatic carbocycles. The van der Waals surface area contributed by atoms with Gasteiger partial charge in [-0.3, -0.25) is 19.3 Å². The van der Waals surface area contributed by atoms with Crippen LogP contribution in [0.3, 0.4) is 0 Å². The van der Waals surface area contributed by atoms with Crippen molar-refractivity contribution in [3.8, 4) is 6.07 Å². The molecule has 7 heteroatoms. The van der Waals surface area contributed by atoms with Gasteiger partial charge in [0, 0.05) is 4.88 Å². The van der Waals surface area contributed by atoms with Gasteiger partial charge in [0.05, 0.1) is 16.7 Å². The van der Waals surface area contributed by atoms with Crippen molar-refractivity contribution in [2.75, 3.05) is 5.32 Å². The van der Waals surface area contributed by atoms with Crippen LogP contribution in [-0.2, 0) is 17.6 Å². The van der Waals surface area contributed by atoms with Crippen LogP contribution < -0.4 is 5.32 Å². The van der Waals surface area contributed by atoms with E-state index >= 15 is 0 Å². The second-order valence-corrected chi connectivity index (χ2v) is 9.33. The number of rotatable bonds is 5. The lowest BCUT2D eigenvalue weighted by Gasteiger charge is -2.29. The highest BCUT2D eigenvalue weighted by molar-refractivity contribution is 7.16. The number of hydrogen-bond donors (Lipinski definition) is 1. The third-order valence-electron chi connectivity index (χ3n) is 6.33. The summed E-state index contributed by atoms with van der Waals surface area (Å²) in [6.45, 7) is 3.79. The highest BCUT2D eigenvalue weighted by atomic mass is 32.1. The van der Waals surface area contributed by atoms with Crippen molar-refractivity contribution in [3.63, 3.8) is 0 Å². The van der Waals surface area contributed by atoms with Gasteiger partial charge in [0.15, 0.2) is 0 Å². The molecule has 0 spiro atoms. The molecule has 0 saturated heterocycles. The predicted molar refractivity (Wildman–Crippen MR) is 119 cm³/mol. The third-order valence-corrected chi connectivity index (χ3v) is 7.53. The van der Waals surface area contributed by atoms with Gasteiger partial charge in [-0.05, 0) is 49.3 Å². The Labute approximate surface area is 185 Å². The Bertz CT molecular complexity index is 1060. The first-order valence-electron chi connectivity index (χ1n) is 10.8. The summed E-state index contributed by atoms with van der Waals surface area (Å²) in [5, 5.41) is 13.2. The van der Waals surface area contributed by atoms with Gasteiger partial charge in [0.25, 0.3) is 11.8 Å². The SMILES string of the molecule is CCC(C)C(C(=O)Nc1sc2c(c1C#N)CCCCC2)N1C(=O)c2ccccc2C1=O. The molecule has 0 bridgehead atoms. The number of amides is 3. The lowest BCUT2D eigenvalue weighted by molar-refractivity contribution is -0.121. The molecule has 3 amide bonds. The van der Waals surface area contributed by atoms with Crippen LogP contribution in [0, 0.1) is 17.2 Å². The summed E-state index contributed by atoms with van der Waals surface area (Å²) in [6.07, 6.45) is 5.64. The average molecular weight is 436 g/mol. The highest BCUT2D eigenvalue weighted by Crippen LogP contribution is 2.38. The number of nitriles is 1. The molecule has 1 aliphatic heterocycles. The second-order valence-electron chi connectivity index (χ2n) is 8.23. The van der Waals surface area contributed by atoms with Gasteiger partial charge in [-0.25, -0.2) is 0 Å². The zero-order chi connectivity index (χ0) is 22.1. The quantitative estimate of drug-likeness (QED) is 0.551.